The number of nitrogens with two attached hydrogens (primary N) is 1. The van der Waals surface area contributed by atoms with Gasteiger partial charge in [0.05, 0.1) is 5.60 Å². The fourth-order valence-corrected chi connectivity index (χ4v) is 1.74. The standard InChI is InChI=1S/C12H18ClNO/c1-11(2,8-14)12(3,15)9-6-4-5-7-10(9)13/h4-7,15H,8,14H2,1-3H3. The van der Waals surface area contributed by atoms with Crippen molar-refractivity contribution in [3.8, 4) is 0 Å². The second-order valence-electron chi connectivity index (χ2n) is 4.64. The monoisotopic (exact) mass is 227 g/mol. The molecule has 0 spiro atoms. The van der Waals surface area contributed by atoms with Gasteiger partial charge in [-0.2, -0.15) is 0 Å². The van der Waals surface area contributed by atoms with Crippen molar-refractivity contribution in [3.05, 3.63) is 34.9 Å². The van der Waals surface area contributed by atoms with Gasteiger partial charge in [0.15, 0.2) is 0 Å². The molecule has 1 atom stereocenters. The maximum Gasteiger partial charge on any atom is 0.0945 e. The number of hydrogen-bond acceptors (Lipinski definition) is 2. The summed E-state index contributed by atoms with van der Waals surface area (Å²) in [5.74, 6) is 0. The minimum Gasteiger partial charge on any atom is -0.385 e. The van der Waals surface area contributed by atoms with Crippen molar-refractivity contribution >= 4 is 11.6 Å². The van der Waals surface area contributed by atoms with Crippen LogP contribution in [0.1, 0.15) is 26.3 Å². The van der Waals surface area contributed by atoms with Gasteiger partial charge in [-0.05, 0) is 13.0 Å². The molecule has 0 radical (unpaired) electrons. The zero-order valence-corrected chi connectivity index (χ0v) is 10.2. The van der Waals surface area contributed by atoms with E-state index >= 15 is 0 Å². The van der Waals surface area contributed by atoms with E-state index in [1.807, 2.05) is 32.0 Å². The lowest BCUT2D eigenvalue weighted by molar-refractivity contribution is -0.0520. The van der Waals surface area contributed by atoms with Crippen LogP contribution < -0.4 is 5.73 Å². The fraction of sp³-hybridized carbons (Fsp3) is 0.500. The fourth-order valence-electron chi connectivity index (χ4n) is 1.42. The van der Waals surface area contributed by atoms with E-state index < -0.39 is 11.0 Å². The minimum atomic E-state index is -1.03. The Bertz CT molecular complexity index is 347. The van der Waals surface area contributed by atoms with E-state index in [-0.39, 0.29) is 0 Å². The van der Waals surface area contributed by atoms with Crippen molar-refractivity contribution in [2.75, 3.05) is 6.54 Å². The lowest BCUT2D eigenvalue weighted by Gasteiger charge is -2.40. The van der Waals surface area contributed by atoms with E-state index in [1.54, 1.807) is 13.0 Å². The summed E-state index contributed by atoms with van der Waals surface area (Å²) in [6.45, 7) is 6.00. The number of benzene rings is 1. The van der Waals surface area contributed by atoms with E-state index in [0.29, 0.717) is 11.6 Å². The number of aliphatic hydroxyl groups is 1. The van der Waals surface area contributed by atoms with Crippen LogP contribution in [-0.4, -0.2) is 11.7 Å². The summed E-state index contributed by atoms with van der Waals surface area (Å²) in [4.78, 5) is 0. The van der Waals surface area contributed by atoms with Crippen LogP contribution in [0.25, 0.3) is 0 Å². The quantitative estimate of drug-likeness (QED) is 0.834. The Morgan fingerprint density at radius 3 is 2.27 bits per heavy atom. The molecule has 0 amide bonds. The van der Waals surface area contributed by atoms with E-state index in [4.69, 9.17) is 17.3 Å². The highest BCUT2D eigenvalue weighted by molar-refractivity contribution is 6.31. The smallest absolute Gasteiger partial charge is 0.0945 e. The molecule has 0 bridgehead atoms. The van der Waals surface area contributed by atoms with Crippen molar-refractivity contribution in [2.45, 2.75) is 26.4 Å². The highest BCUT2D eigenvalue weighted by Crippen LogP contribution is 2.41. The Morgan fingerprint density at radius 1 is 1.27 bits per heavy atom. The predicted molar refractivity (Wildman–Crippen MR) is 63.9 cm³/mol. The first-order valence-electron chi connectivity index (χ1n) is 5.00. The third-order valence-corrected chi connectivity index (χ3v) is 3.56. The van der Waals surface area contributed by atoms with E-state index in [2.05, 4.69) is 0 Å². The Kier molecular flexibility index (Phi) is 3.44. The maximum absolute atomic E-state index is 10.5. The Morgan fingerprint density at radius 2 is 1.80 bits per heavy atom. The summed E-state index contributed by atoms with van der Waals surface area (Å²) >= 11 is 6.07. The molecule has 0 aliphatic heterocycles. The summed E-state index contributed by atoms with van der Waals surface area (Å²) in [5.41, 5.74) is 4.95. The topological polar surface area (TPSA) is 46.2 Å². The molecule has 0 aromatic heterocycles. The SMILES string of the molecule is CC(C)(CN)C(C)(O)c1ccccc1Cl. The Balaban J connectivity index is 3.22. The maximum atomic E-state index is 10.5. The Hall–Kier alpha value is -0.570. The molecule has 0 saturated carbocycles. The van der Waals surface area contributed by atoms with Gasteiger partial charge in [0.25, 0.3) is 0 Å². The van der Waals surface area contributed by atoms with Crippen molar-refractivity contribution in [2.24, 2.45) is 11.1 Å². The van der Waals surface area contributed by atoms with Gasteiger partial charge in [-0.15, -0.1) is 0 Å². The van der Waals surface area contributed by atoms with Crippen molar-refractivity contribution in [3.63, 3.8) is 0 Å². The van der Waals surface area contributed by atoms with Crippen LogP contribution in [0.2, 0.25) is 5.02 Å². The first-order chi connectivity index (χ1) is 6.83. The molecule has 0 aliphatic carbocycles. The molecule has 2 nitrogen and oxygen atoms in total. The van der Waals surface area contributed by atoms with Gasteiger partial charge in [0.1, 0.15) is 0 Å². The molecule has 84 valence electrons. The lowest BCUT2D eigenvalue weighted by atomic mass is 9.72. The number of hydrogen-bond donors (Lipinski definition) is 2. The van der Waals surface area contributed by atoms with Crippen molar-refractivity contribution in [1.82, 2.24) is 0 Å². The zero-order valence-electron chi connectivity index (χ0n) is 9.42. The predicted octanol–water partition coefficient (Wildman–Crippen LogP) is 2.53. The average molecular weight is 228 g/mol. The molecule has 0 heterocycles. The Labute approximate surface area is 96.1 Å². The summed E-state index contributed by atoms with van der Waals surface area (Å²) in [7, 11) is 0. The highest BCUT2D eigenvalue weighted by Gasteiger charge is 2.40. The molecule has 1 aromatic carbocycles. The van der Waals surface area contributed by atoms with E-state index in [1.165, 1.54) is 0 Å². The molecule has 1 rings (SSSR count). The van der Waals surface area contributed by atoms with Crippen molar-refractivity contribution in [1.29, 1.82) is 0 Å². The average Bonchev–Trinajstić information content (AvgIpc) is 2.18. The molecular formula is C12H18ClNO. The normalized spacial score (nSPS) is 16.1. The first-order valence-corrected chi connectivity index (χ1v) is 5.38. The van der Waals surface area contributed by atoms with E-state index in [9.17, 15) is 5.11 Å². The van der Waals surface area contributed by atoms with Crippen LogP contribution >= 0.6 is 11.6 Å². The third kappa shape index (κ3) is 2.17. The van der Waals surface area contributed by atoms with Gasteiger partial charge in [0.2, 0.25) is 0 Å². The molecular weight excluding hydrogens is 210 g/mol. The van der Waals surface area contributed by atoms with Crippen LogP contribution in [0, 0.1) is 5.41 Å². The van der Waals surface area contributed by atoms with Gasteiger partial charge < -0.3 is 10.8 Å². The molecule has 3 N–H and O–H groups in total. The summed E-state index contributed by atoms with van der Waals surface area (Å²) in [6.07, 6.45) is 0. The van der Waals surface area contributed by atoms with E-state index in [0.717, 1.165) is 5.56 Å². The number of halogens is 1. The van der Waals surface area contributed by atoms with Gasteiger partial charge in [-0.25, -0.2) is 0 Å². The minimum absolute atomic E-state index is 0.394. The molecule has 0 saturated heterocycles. The number of rotatable bonds is 3. The van der Waals surface area contributed by atoms with Crippen LogP contribution in [0.4, 0.5) is 0 Å². The second kappa shape index (κ2) is 4.12. The van der Waals surface area contributed by atoms with Crippen LogP contribution in [0.3, 0.4) is 0 Å². The third-order valence-electron chi connectivity index (χ3n) is 3.23. The molecule has 0 fully saturated rings. The molecule has 0 aliphatic rings. The zero-order chi connectivity index (χ0) is 11.7. The highest BCUT2D eigenvalue weighted by atomic mass is 35.5. The molecule has 1 unspecified atom stereocenters. The molecule has 15 heavy (non-hydrogen) atoms. The summed E-state index contributed by atoms with van der Waals surface area (Å²) in [6, 6.07) is 7.32. The molecule has 3 heteroatoms. The lowest BCUT2D eigenvalue weighted by Crippen LogP contribution is -2.44. The van der Waals surface area contributed by atoms with Crippen LogP contribution in [-0.2, 0) is 5.60 Å². The second-order valence-corrected chi connectivity index (χ2v) is 5.05. The van der Waals surface area contributed by atoms with Gasteiger partial charge in [0, 0.05) is 22.5 Å². The molecule has 1 aromatic rings. The van der Waals surface area contributed by atoms with Gasteiger partial charge >= 0.3 is 0 Å². The first kappa shape index (κ1) is 12.5. The largest absolute Gasteiger partial charge is 0.385 e. The summed E-state index contributed by atoms with van der Waals surface area (Å²) in [5, 5.41) is 11.1. The van der Waals surface area contributed by atoms with Crippen molar-refractivity contribution < 1.29 is 5.11 Å². The van der Waals surface area contributed by atoms with Crippen LogP contribution in [0.5, 0.6) is 0 Å². The van der Waals surface area contributed by atoms with Gasteiger partial charge in [-0.3, -0.25) is 0 Å². The van der Waals surface area contributed by atoms with Crippen LogP contribution in [0.15, 0.2) is 24.3 Å². The summed E-state index contributed by atoms with van der Waals surface area (Å²) < 4.78 is 0. The van der Waals surface area contributed by atoms with Gasteiger partial charge in [-0.1, -0.05) is 43.6 Å².